The van der Waals surface area contributed by atoms with Gasteiger partial charge in [0.2, 0.25) is 10.0 Å². The van der Waals surface area contributed by atoms with Crippen LogP contribution in [0.25, 0.3) is 0 Å². The fraction of sp³-hybridized carbons (Fsp3) is 0.250. The number of benzene rings is 1. The van der Waals surface area contributed by atoms with Gasteiger partial charge in [0.15, 0.2) is 0 Å². The fourth-order valence-corrected chi connectivity index (χ4v) is 3.75. The molecule has 2 aromatic rings. The predicted molar refractivity (Wildman–Crippen MR) is 93.8 cm³/mol. The number of hydrogen-bond acceptors (Lipinski definition) is 4. The maximum absolute atomic E-state index is 13.0. The van der Waals surface area contributed by atoms with Crippen molar-refractivity contribution < 1.29 is 17.6 Å². The highest BCUT2D eigenvalue weighted by atomic mass is 35.5. The number of anilines is 1. The summed E-state index contributed by atoms with van der Waals surface area (Å²) in [4.78, 5) is 23.7. The van der Waals surface area contributed by atoms with E-state index in [1.54, 1.807) is 6.92 Å². The highest BCUT2D eigenvalue weighted by molar-refractivity contribution is 7.91. The molecular weight excluding hydrogens is 371 g/mol. The number of nitrogens with one attached hydrogen (secondary N) is 1. The summed E-state index contributed by atoms with van der Waals surface area (Å²) in [6.45, 7) is 2.82. The van der Waals surface area contributed by atoms with E-state index in [0.29, 0.717) is 5.69 Å². The molecule has 0 aliphatic heterocycles. The Kier molecular flexibility index (Phi) is 5.64. The van der Waals surface area contributed by atoms with Gasteiger partial charge in [0.25, 0.3) is 5.56 Å². The van der Waals surface area contributed by atoms with Gasteiger partial charge in [-0.05, 0) is 43.7 Å². The maximum Gasteiger partial charge on any atom is 0.275 e. The van der Waals surface area contributed by atoms with E-state index in [1.165, 1.54) is 29.7 Å². The van der Waals surface area contributed by atoms with E-state index >= 15 is 0 Å². The molecule has 1 aromatic carbocycles. The van der Waals surface area contributed by atoms with Crippen molar-refractivity contribution in [3.63, 3.8) is 0 Å². The van der Waals surface area contributed by atoms with Crippen molar-refractivity contribution in [1.82, 2.24) is 4.57 Å². The highest BCUT2D eigenvalue weighted by Crippen LogP contribution is 2.20. The lowest BCUT2D eigenvalue weighted by molar-refractivity contribution is -0.117. The van der Waals surface area contributed by atoms with Crippen LogP contribution in [0.15, 0.2) is 35.1 Å². The number of aromatic nitrogens is 1. The molecule has 1 N–H and O–H groups in total. The van der Waals surface area contributed by atoms with Gasteiger partial charge in [0.05, 0.1) is 12.3 Å². The molecule has 1 aromatic heterocycles. The monoisotopic (exact) mass is 386 g/mol. The average Bonchev–Trinajstić information content (AvgIpc) is 2.49. The zero-order chi connectivity index (χ0) is 18.8. The largest absolute Gasteiger partial charge is 0.304 e. The summed E-state index contributed by atoms with van der Waals surface area (Å²) in [7, 11) is -3.96. The van der Waals surface area contributed by atoms with Gasteiger partial charge in [-0.2, -0.15) is 0 Å². The van der Waals surface area contributed by atoms with E-state index in [0.717, 1.165) is 12.1 Å². The topological polar surface area (TPSA) is 85.2 Å². The molecular formula is C16H16ClFN2O4S. The average molecular weight is 387 g/mol. The minimum absolute atomic E-state index is 0.0247. The Morgan fingerprint density at radius 1 is 1.28 bits per heavy atom. The second-order valence-electron chi connectivity index (χ2n) is 5.58. The molecule has 0 bridgehead atoms. The lowest BCUT2D eigenvalue weighted by Gasteiger charge is -2.13. The molecule has 0 saturated carbocycles. The Bertz CT molecular complexity index is 986. The number of carbonyl (C=O) groups excluding carboxylic acids is 1. The molecule has 0 spiro atoms. The predicted octanol–water partition coefficient (Wildman–Crippen LogP) is 2.48. The number of hydrogen-bond donors (Lipinski definition) is 1. The Hall–Kier alpha value is -2.19. The van der Waals surface area contributed by atoms with Crippen molar-refractivity contribution in [2.24, 2.45) is 0 Å². The molecule has 0 aliphatic carbocycles. The summed E-state index contributed by atoms with van der Waals surface area (Å²) in [5, 5.41) is -0.0247. The lowest BCUT2D eigenvalue weighted by atomic mass is 10.2. The van der Waals surface area contributed by atoms with Crippen LogP contribution >= 0.6 is 11.6 Å². The van der Waals surface area contributed by atoms with Crippen LogP contribution in [0.5, 0.6) is 0 Å². The third kappa shape index (κ3) is 4.90. The van der Waals surface area contributed by atoms with Gasteiger partial charge in [-0.1, -0.05) is 17.7 Å². The number of aryl methyl sites for hydroxylation is 1. The molecule has 0 unspecified atom stereocenters. The van der Waals surface area contributed by atoms with Crippen molar-refractivity contribution in [3.05, 3.63) is 62.8 Å². The van der Waals surface area contributed by atoms with E-state index in [-0.39, 0.29) is 28.6 Å². The van der Waals surface area contributed by atoms with Crippen molar-refractivity contribution in [2.75, 3.05) is 4.72 Å². The normalized spacial score (nSPS) is 11.4. The van der Waals surface area contributed by atoms with Crippen LogP contribution in [0.1, 0.15) is 18.2 Å². The van der Waals surface area contributed by atoms with Crippen LogP contribution in [-0.2, 0) is 27.1 Å². The second-order valence-corrected chi connectivity index (χ2v) is 7.71. The minimum Gasteiger partial charge on any atom is -0.304 e. The molecule has 0 fully saturated rings. The third-order valence-electron chi connectivity index (χ3n) is 3.40. The zero-order valence-corrected chi connectivity index (χ0v) is 15.1. The van der Waals surface area contributed by atoms with Crippen LogP contribution in [-0.4, -0.2) is 18.8 Å². The van der Waals surface area contributed by atoms with Gasteiger partial charge in [-0.15, -0.1) is 0 Å². The summed E-state index contributed by atoms with van der Waals surface area (Å²) in [5.41, 5.74) is -0.0643. The first kappa shape index (κ1) is 19.1. The molecule has 9 heteroatoms. The Morgan fingerprint density at radius 2 is 1.96 bits per heavy atom. The number of rotatable bonds is 6. The highest BCUT2D eigenvalue weighted by Gasteiger charge is 2.17. The molecule has 1 heterocycles. The number of halogens is 2. The fourth-order valence-electron chi connectivity index (χ4n) is 2.21. The molecule has 0 saturated heterocycles. The van der Waals surface area contributed by atoms with Crippen LogP contribution in [0.2, 0.25) is 5.02 Å². The minimum atomic E-state index is -3.96. The maximum atomic E-state index is 13.0. The summed E-state index contributed by atoms with van der Waals surface area (Å²) in [5.74, 6) is -1.33. The van der Waals surface area contributed by atoms with Crippen molar-refractivity contribution >= 4 is 33.1 Å². The van der Waals surface area contributed by atoms with E-state index in [4.69, 9.17) is 11.6 Å². The Labute approximate surface area is 149 Å². The van der Waals surface area contributed by atoms with E-state index < -0.39 is 27.2 Å². The zero-order valence-electron chi connectivity index (χ0n) is 13.5. The molecule has 134 valence electrons. The van der Waals surface area contributed by atoms with Gasteiger partial charge >= 0.3 is 0 Å². The summed E-state index contributed by atoms with van der Waals surface area (Å²) < 4.78 is 41.0. The standard InChI is InChI=1S/C16H16ClFN2O4S/c1-10-3-6-15(16(22)20(10)8-11(2)21)19-25(23,24)9-12-4-5-13(18)7-14(12)17/h3-7,19H,8-9H2,1-2H3. The SMILES string of the molecule is CC(=O)Cn1c(C)ccc(NS(=O)(=O)Cc2ccc(F)cc2Cl)c1=O. The molecule has 0 atom stereocenters. The van der Waals surface area contributed by atoms with Gasteiger partial charge in [-0.3, -0.25) is 14.3 Å². The van der Waals surface area contributed by atoms with E-state index in [9.17, 15) is 22.4 Å². The molecule has 6 nitrogen and oxygen atoms in total. The summed E-state index contributed by atoms with van der Waals surface area (Å²) in [6, 6.07) is 6.24. The van der Waals surface area contributed by atoms with Gasteiger partial charge < -0.3 is 4.57 Å². The molecule has 0 radical (unpaired) electrons. The smallest absolute Gasteiger partial charge is 0.275 e. The van der Waals surface area contributed by atoms with Crippen molar-refractivity contribution in [3.8, 4) is 0 Å². The van der Waals surface area contributed by atoms with Gasteiger partial charge in [0.1, 0.15) is 17.3 Å². The van der Waals surface area contributed by atoms with Crippen LogP contribution < -0.4 is 10.3 Å². The summed E-state index contributed by atoms with van der Waals surface area (Å²) >= 11 is 5.84. The number of Topliss-reactive ketones (excluding diaryl/α,β-unsaturated/α-hetero) is 1. The summed E-state index contributed by atoms with van der Waals surface area (Å²) in [6.07, 6.45) is 0. The van der Waals surface area contributed by atoms with Crippen LogP contribution in [0.4, 0.5) is 10.1 Å². The van der Waals surface area contributed by atoms with Gasteiger partial charge in [0, 0.05) is 10.7 Å². The first-order chi connectivity index (χ1) is 11.6. The quantitative estimate of drug-likeness (QED) is 0.826. The number of sulfonamides is 1. The first-order valence-corrected chi connectivity index (χ1v) is 9.26. The Balaban J connectivity index is 2.32. The Morgan fingerprint density at radius 3 is 2.56 bits per heavy atom. The van der Waals surface area contributed by atoms with E-state index in [2.05, 4.69) is 4.72 Å². The third-order valence-corrected chi connectivity index (χ3v) is 4.97. The lowest BCUT2D eigenvalue weighted by Crippen LogP contribution is -2.29. The van der Waals surface area contributed by atoms with Gasteiger partial charge in [-0.25, -0.2) is 12.8 Å². The number of nitrogens with zero attached hydrogens (tertiary/aromatic N) is 1. The van der Waals surface area contributed by atoms with Crippen LogP contribution in [0, 0.1) is 12.7 Å². The number of carbonyl (C=O) groups is 1. The van der Waals surface area contributed by atoms with Crippen molar-refractivity contribution in [2.45, 2.75) is 26.1 Å². The molecule has 2 rings (SSSR count). The first-order valence-electron chi connectivity index (χ1n) is 7.23. The molecule has 0 aliphatic rings. The van der Waals surface area contributed by atoms with Crippen LogP contribution in [0.3, 0.4) is 0 Å². The second kappa shape index (κ2) is 7.37. The number of ketones is 1. The molecule has 0 amide bonds. The van der Waals surface area contributed by atoms with E-state index in [1.807, 2.05) is 0 Å². The molecule has 25 heavy (non-hydrogen) atoms. The number of pyridine rings is 1. The van der Waals surface area contributed by atoms with Crippen molar-refractivity contribution in [1.29, 1.82) is 0 Å².